The summed E-state index contributed by atoms with van der Waals surface area (Å²) in [5.74, 6) is 0. The second-order valence-corrected chi connectivity index (χ2v) is 13.2. The molecule has 9 aromatic rings. The van der Waals surface area contributed by atoms with Gasteiger partial charge in [0.05, 0.1) is 5.69 Å². The van der Waals surface area contributed by atoms with Crippen LogP contribution in [0.3, 0.4) is 0 Å². The van der Waals surface area contributed by atoms with Crippen LogP contribution >= 0.6 is 0 Å². The maximum absolute atomic E-state index is 2.28. The van der Waals surface area contributed by atoms with E-state index in [-0.39, 0.29) is 0 Å². The summed E-state index contributed by atoms with van der Waals surface area (Å²) >= 11 is 0. The summed E-state index contributed by atoms with van der Waals surface area (Å²) in [7, 11) is 6.32. The highest BCUT2D eigenvalue weighted by Crippen LogP contribution is 2.38. The van der Waals surface area contributed by atoms with Crippen molar-refractivity contribution in [2.45, 2.75) is 0 Å². The predicted molar refractivity (Wildman–Crippen MR) is 235 cm³/mol. The van der Waals surface area contributed by atoms with Crippen molar-refractivity contribution in [1.29, 1.82) is 0 Å². The Bertz CT molecular complexity index is 2440. The van der Waals surface area contributed by atoms with Gasteiger partial charge in [-0.25, -0.2) is 0 Å². The molecule has 0 N–H and O–H groups in total. The fraction of sp³-hybridized carbons (Fsp3) is 0.0588. The second kappa shape index (κ2) is 17.1. The summed E-state index contributed by atoms with van der Waals surface area (Å²) in [5, 5.41) is 7.68. The lowest BCUT2D eigenvalue weighted by atomic mass is 10.00. The van der Waals surface area contributed by atoms with Gasteiger partial charge in [-0.1, -0.05) is 158 Å². The first-order chi connectivity index (χ1) is 26.6. The van der Waals surface area contributed by atoms with Crippen LogP contribution in [0.2, 0.25) is 0 Å². The first-order valence-corrected chi connectivity index (χ1v) is 18.4. The predicted octanol–water partition coefficient (Wildman–Crippen LogP) is 13.8. The van der Waals surface area contributed by atoms with Gasteiger partial charge in [0.1, 0.15) is 0 Å². The third-order valence-electron chi connectivity index (χ3n) is 9.78. The summed E-state index contributed by atoms with van der Waals surface area (Å²) < 4.78 is 0. The molecule has 0 amide bonds. The Kier molecular flexibility index (Phi) is 11.3. The van der Waals surface area contributed by atoms with E-state index in [1.807, 2.05) is 18.2 Å². The first-order valence-electron chi connectivity index (χ1n) is 18.4. The third-order valence-corrected chi connectivity index (χ3v) is 9.78. The number of hydrogen-bond acceptors (Lipinski definition) is 3. The van der Waals surface area contributed by atoms with E-state index in [1.165, 1.54) is 66.4 Å². The molecule has 0 aliphatic carbocycles. The van der Waals surface area contributed by atoms with E-state index < -0.39 is 0 Å². The zero-order valence-electron chi connectivity index (χ0n) is 31.1. The molecular weight excluding hydrogens is 655 g/mol. The first kappa shape index (κ1) is 35.6. The molecule has 0 radical (unpaired) electrons. The Morgan fingerprint density at radius 2 is 0.593 bits per heavy atom. The van der Waals surface area contributed by atoms with Gasteiger partial charge in [0, 0.05) is 65.7 Å². The highest BCUT2D eigenvalue weighted by Gasteiger charge is 2.13. The van der Waals surface area contributed by atoms with Crippen LogP contribution in [-0.4, -0.2) is 21.1 Å². The SMILES string of the molecule is CN(c1ccccc1)c1c2ccccc2cc2ccccc12.CN(c1ccccc1)c1cccc2ccccc12.CN(c1ccccc1)c1ccccc1. The molecule has 9 aromatic carbocycles. The van der Waals surface area contributed by atoms with E-state index in [0.717, 1.165) is 0 Å². The van der Waals surface area contributed by atoms with Gasteiger partial charge in [-0.3, -0.25) is 0 Å². The van der Waals surface area contributed by atoms with Gasteiger partial charge in [0.2, 0.25) is 0 Å². The van der Waals surface area contributed by atoms with Crippen LogP contribution in [0.25, 0.3) is 32.3 Å². The quantitative estimate of drug-likeness (QED) is 0.160. The largest absolute Gasteiger partial charge is 0.345 e. The number of hydrogen-bond donors (Lipinski definition) is 0. The van der Waals surface area contributed by atoms with Crippen molar-refractivity contribution >= 4 is 66.4 Å². The van der Waals surface area contributed by atoms with Crippen molar-refractivity contribution in [3.63, 3.8) is 0 Å². The fourth-order valence-electron chi connectivity index (χ4n) is 6.88. The van der Waals surface area contributed by atoms with E-state index in [2.05, 4.69) is 236 Å². The Morgan fingerprint density at radius 3 is 1.06 bits per heavy atom. The Labute approximate surface area is 319 Å². The summed E-state index contributed by atoms with van der Waals surface area (Å²) in [4.78, 5) is 6.67. The molecule has 0 unspecified atom stereocenters. The number of benzene rings is 9. The zero-order valence-corrected chi connectivity index (χ0v) is 31.1. The summed E-state index contributed by atoms with van der Waals surface area (Å²) in [5.41, 5.74) is 7.31. The second-order valence-electron chi connectivity index (χ2n) is 13.2. The average molecular weight is 700 g/mol. The molecule has 0 saturated heterocycles. The van der Waals surface area contributed by atoms with Crippen LogP contribution in [-0.2, 0) is 0 Å². The van der Waals surface area contributed by atoms with Crippen LogP contribution in [0.4, 0.5) is 34.1 Å². The number of fused-ring (bicyclic) bond motifs is 3. The minimum absolute atomic E-state index is 1.20. The lowest BCUT2D eigenvalue weighted by Gasteiger charge is -2.23. The van der Waals surface area contributed by atoms with E-state index in [4.69, 9.17) is 0 Å². The van der Waals surface area contributed by atoms with Crippen LogP contribution in [0, 0.1) is 0 Å². The highest BCUT2D eigenvalue weighted by atomic mass is 15.1. The Hall–Kier alpha value is -6.84. The van der Waals surface area contributed by atoms with E-state index in [9.17, 15) is 0 Å². The molecule has 9 rings (SSSR count). The van der Waals surface area contributed by atoms with Gasteiger partial charge >= 0.3 is 0 Å². The van der Waals surface area contributed by atoms with Crippen molar-refractivity contribution in [1.82, 2.24) is 0 Å². The summed E-state index contributed by atoms with van der Waals surface area (Å²) in [6.07, 6.45) is 0. The molecule has 0 aromatic heterocycles. The minimum Gasteiger partial charge on any atom is -0.345 e. The zero-order chi connectivity index (χ0) is 37.1. The molecule has 54 heavy (non-hydrogen) atoms. The molecule has 0 aliphatic heterocycles. The van der Waals surface area contributed by atoms with Crippen molar-refractivity contribution in [2.24, 2.45) is 0 Å². The Morgan fingerprint density at radius 1 is 0.259 bits per heavy atom. The Balaban J connectivity index is 0.000000128. The average Bonchev–Trinajstić information content (AvgIpc) is 3.26. The van der Waals surface area contributed by atoms with E-state index in [0.29, 0.717) is 0 Å². The third kappa shape index (κ3) is 8.12. The van der Waals surface area contributed by atoms with Crippen molar-refractivity contribution in [3.8, 4) is 0 Å². The maximum atomic E-state index is 2.28. The lowest BCUT2D eigenvalue weighted by Crippen LogP contribution is -2.10. The fourth-order valence-corrected chi connectivity index (χ4v) is 6.88. The number of rotatable bonds is 6. The van der Waals surface area contributed by atoms with Gasteiger partial charge in [-0.15, -0.1) is 0 Å². The highest BCUT2D eigenvalue weighted by molar-refractivity contribution is 6.12. The molecule has 3 heteroatoms. The van der Waals surface area contributed by atoms with Gasteiger partial charge in [0.25, 0.3) is 0 Å². The van der Waals surface area contributed by atoms with E-state index >= 15 is 0 Å². The van der Waals surface area contributed by atoms with Crippen LogP contribution in [0.15, 0.2) is 218 Å². The monoisotopic (exact) mass is 699 g/mol. The molecule has 0 fully saturated rings. The van der Waals surface area contributed by atoms with Gasteiger partial charge in [-0.05, 0) is 76.8 Å². The van der Waals surface area contributed by atoms with Crippen molar-refractivity contribution < 1.29 is 0 Å². The molecule has 264 valence electrons. The molecule has 0 spiro atoms. The normalized spacial score (nSPS) is 10.5. The molecule has 0 saturated carbocycles. The molecular formula is C51H45N3. The van der Waals surface area contributed by atoms with Crippen molar-refractivity contribution in [3.05, 3.63) is 218 Å². The minimum atomic E-state index is 1.20. The van der Waals surface area contributed by atoms with Gasteiger partial charge in [-0.2, -0.15) is 0 Å². The van der Waals surface area contributed by atoms with E-state index in [1.54, 1.807) is 0 Å². The molecule has 3 nitrogen and oxygen atoms in total. The standard InChI is InChI=1S/C21H17N.C17H15N.C13H13N/c1-22(18-11-3-2-4-12-18)21-19-13-7-5-9-16(19)15-17-10-6-8-14-20(17)21;1-18(15-10-3-2-4-11-15)17-13-7-9-14-8-5-6-12-16(14)17;1-14(12-8-4-2-5-9-12)13-10-6-3-7-11-13/h2-15H,1H3;2-13H,1H3;2-11H,1H3. The van der Waals surface area contributed by atoms with Crippen LogP contribution in [0.5, 0.6) is 0 Å². The lowest BCUT2D eigenvalue weighted by molar-refractivity contribution is 1.21. The molecule has 0 bridgehead atoms. The van der Waals surface area contributed by atoms with Crippen LogP contribution < -0.4 is 14.7 Å². The molecule has 0 aliphatic rings. The summed E-state index contributed by atoms with van der Waals surface area (Å²) in [6.45, 7) is 0. The van der Waals surface area contributed by atoms with Crippen LogP contribution in [0.1, 0.15) is 0 Å². The number of anilines is 6. The summed E-state index contributed by atoms with van der Waals surface area (Å²) in [6, 6.07) is 76.0. The molecule has 0 atom stereocenters. The maximum Gasteiger partial charge on any atom is 0.0567 e. The number of para-hydroxylation sites is 4. The van der Waals surface area contributed by atoms with Gasteiger partial charge in [0.15, 0.2) is 0 Å². The number of nitrogens with zero attached hydrogens (tertiary/aromatic N) is 3. The topological polar surface area (TPSA) is 9.72 Å². The molecule has 0 heterocycles. The van der Waals surface area contributed by atoms with Gasteiger partial charge < -0.3 is 14.7 Å². The van der Waals surface area contributed by atoms with Crippen molar-refractivity contribution in [2.75, 3.05) is 35.8 Å². The smallest absolute Gasteiger partial charge is 0.0567 e.